The van der Waals surface area contributed by atoms with Crippen LogP contribution in [0.4, 0.5) is 5.69 Å². The van der Waals surface area contributed by atoms with Gasteiger partial charge in [-0.25, -0.2) is 8.42 Å². The fraction of sp³-hybridized carbons (Fsp3) is 0.286. The first kappa shape index (κ1) is 28.2. The zero-order valence-corrected chi connectivity index (χ0v) is 23.0. The van der Waals surface area contributed by atoms with Crippen molar-refractivity contribution >= 4 is 39.1 Å². The van der Waals surface area contributed by atoms with Gasteiger partial charge in [0.1, 0.15) is 12.6 Å². The van der Waals surface area contributed by atoms with Crippen LogP contribution in [0.25, 0.3) is 0 Å². The summed E-state index contributed by atoms with van der Waals surface area (Å²) >= 11 is 6.34. The summed E-state index contributed by atoms with van der Waals surface area (Å²) in [6.45, 7) is 5.23. The molecule has 9 heteroatoms. The third-order valence-corrected chi connectivity index (χ3v) is 8.33. The molecule has 0 heterocycles. The number of nitrogens with one attached hydrogen (secondary N) is 1. The Morgan fingerprint density at radius 1 is 0.892 bits per heavy atom. The number of anilines is 1. The minimum Gasteiger partial charge on any atom is -0.357 e. The summed E-state index contributed by atoms with van der Waals surface area (Å²) in [7, 11) is -2.60. The largest absolute Gasteiger partial charge is 0.357 e. The van der Waals surface area contributed by atoms with Crippen molar-refractivity contribution in [2.24, 2.45) is 0 Å². The summed E-state index contributed by atoms with van der Waals surface area (Å²) in [6, 6.07) is 21.2. The van der Waals surface area contributed by atoms with Crippen LogP contribution in [0, 0.1) is 0 Å². The second-order valence-electron chi connectivity index (χ2n) is 8.97. The van der Waals surface area contributed by atoms with E-state index in [4.69, 9.17) is 11.6 Å². The Kier molecular flexibility index (Phi) is 9.34. The molecule has 3 rings (SSSR count). The molecule has 7 nitrogen and oxygen atoms in total. The monoisotopic (exact) mass is 541 g/mol. The molecule has 0 spiro atoms. The maximum Gasteiger partial charge on any atom is 0.264 e. The molecule has 2 amide bonds. The lowest BCUT2D eigenvalue weighted by Gasteiger charge is -2.32. The van der Waals surface area contributed by atoms with E-state index in [0.29, 0.717) is 16.3 Å². The third-order valence-electron chi connectivity index (χ3n) is 6.17. The highest BCUT2D eigenvalue weighted by molar-refractivity contribution is 7.92. The van der Waals surface area contributed by atoms with Crippen LogP contribution in [0.1, 0.15) is 37.8 Å². The second-order valence-corrected chi connectivity index (χ2v) is 11.2. The Labute approximate surface area is 224 Å². The van der Waals surface area contributed by atoms with Crippen molar-refractivity contribution in [3.63, 3.8) is 0 Å². The zero-order chi connectivity index (χ0) is 27.2. The van der Waals surface area contributed by atoms with Crippen LogP contribution in [0.15, 0.2) is 83.8 Å². The van der Waals surface area contributed by atoms with Gasteiger partial charge in [0, 0.05) is 18.6 Å². The van der Waals surface area contributed by atoms with Crippen LogP contribution >= 0.6 is 11.6 Å². The summed E-state index contributed by atoms with van der Waals surface area (Å²) < 4.78 is 28.6. The predicted molar refractivity (Wildman–Crippen MR) is 147 cm³/mol. The maximum atomic E-state index is 13.8. The molecule has 0 aliphatic carbocycles. The normalized spacial score (nSPS) is 12.2. The Balaban J connectivity index is 2.04. The van der Waals surface area contributed by atoms with Crippen LogP contribution in [-0.4, -0.2) is 44.8 Å². The van der Waals surface area contributed by atoms with Crippen molar-refractivity contribution in [2.75, 3.05) is 17.9 Å². The highest BCUT2D eigenvalue weighted by atomic mass is 35.5. The predicted octanol–water partition coefficient (Wildman–Crippen LogP) is 4.82. The summed E-state index contributed by atoms with van der Waals surface area (Å²) in [6.07, 6.45) is 0. The van der Waals surface area contributed by atoms with Crippen LogP contribution in [0.3, 0.4) is 0 Å². The van der Waals surface area contributed by atoms with Gasteiger partial charge in [0.15, 0.2) is 0 Å². The molecule has 3 aromatic carbocycles. The third kappa shape index (κ3) is 6.70. The first-order chi connectivity index (χ1) is 17.6. The molecule has 0 aromatic heterocycles. The van der Waals surface area contributed by atoms with Gasteiger partial charge in [-0.3, -0.25) is 13.9 Å². The van der Waals surface area contributed by atoms with Crippen LogP contribution in [-0.2, 0) is 26.2 Å². The number of rotatable bonds is 10. The molecule has 0 radical (unpaired) electrons. The van der Waals surface area contributed by atoms with Crippen molar-refractivity contribution in [1.29, 1.82) is 0 Å². The van der Waals surface area contributed by atoms with E-state index in [1.807, 2.05) is 26.0 Å². The Bertz CT molecular complexity index is 1330. The standard InChI is InChI=1S/C28H32ClN3O4S/c1-20(2)22-14-16-24(17-15-22)32(37(35,36)25-11-6-5-7-12-25)19-27(33)31(21(3)28(34)30-4)18-23-10-8-9-13-26(23)29/h5-17,20-21H,18-19H2,1-4H3,(H,30,34)/t21-/m0/s1. The Hall–Kier alpha value is -3.36. The van der Waals surface area contributed by atoms with Crippen molar-refractivity contribution < 1.29 is 18.0 Å². The minimum atomic E-state index is -4.09. The van der Waals surface area contributed by atoms with Crippen LogP contribution in [0.5, 0.6) is 0 Å². The molecule has 0 aliphatic heterocycles. The lowest BCUT2D eigenvalue weighted by molar-refractivity contribution is -0.139. The molecule has 1 N–H and O–H groups in total. The van der Waals surface area contributed by atoms with Gasteiger partial charge in [0.2, 0.25) is 11.8 Å². The van der Waals surface area contributed by atoms with E-state index in [1.54, 1.807) is 61.5 Å². The first-order valence-electron chi connectivity index (χ1n) is 12.0. The number of sulfonamides is 1. The number of halogens is 1. The number of benzene rings is 3. The number of nitrogens with zero attached hydrogens (tertiary/aromatic N) is 2. The minimum absolute atomic E-state index is 0.0403. The molecule has 0 fully saturated rings. The van der Waals surface area contributed by atoms with Gasteiger partial charge in [-0.1, -0.05) is 74.0 Å². The van der Waals surface area contributed by atoms with Crippen LogP contribution < -0.4 is 9.62 Å². The highest BCUT2D eigenvalue weighted by Gasteiger charge is 2.32. The Morgan fingerprint density at radius 3 is 2.05 bits per heavy atom. The molecule has 0 saturated carbocycles. The quantitative estimate of drug-likeness (QED) is 0.398. The molecular formula is C28H32ClN3O4S. The number of hydrogen-bond donors (Lipinski definition) is 1. The van der Waals surface area contributed by atoms with Gasteiger partial charge in [0.05, 0.1) is 10.6 Å². The summed E-state index contributed by atoms with van der Waals surface area (Å²) in [4.78, 5) is 27.7. The first-order valence-corrected chi connectivity index (χ1v) is 13.8. The molecule has 37 heavy (non-hydrogen) atoms. The van der Waals surface area contributed by atoms with E-state index < -0.39 is 28.5 Å². The van der Waals surface area contributed by atoms with Crippen LogP contribution in [0.2, 0.25) is 5.02 Å². The molecule has 0 saturated heterocycles. The van der Waals surface area contributed by atoms with Gasteiger partial charge in [0.25, 0.3) is 10.0 Å². The van der Waals surface area contributed by atoms with E-state index in [0.717, 1.165) is 9.87 Å². The highest BCUT2D eigenvalue weighted by Crippen LogP contribution is 2.27. The average Bonchev–Trinajstić information content (AvgIpc) is 2.90. The summed E-state index contributed by atoms with van der Waals surface area (Å²) in [5, 5.41) is 3.01. The average molecular weight is 542 g/mol. The number of amides is 2. The van der Waals surface area contributed by atoms with Gasteiger partial charge in [-0.05, 0) is 54.3 Å². The SMILES string of the molecule is CNC(=O)[C@H](C)N(Cc1ccccc1Cl)C(=O)CN(c1ccc(C(C)C)cc1)S(=O)(=O)c1ccccc1. The van der Waals surface area contributed by atoms with Crippen molar-refractivity contribution in [2.45, 2.75) is 44.2 Å². The number of carbonyl (C=O) groups excluding carboxylic acids is 2. The van der Waals surface area contributed by atoms with E-state index in [-0.39, 0.29) is 23.3 Å². The van der Waals surface area contributed by atoms with Gasteiger partial charge in [-0.2, -0.15) is 0 Å². The number of hydrogen-bond acceptors (Lipinski definition) is 4. The lowest BCUT2D eigenvalue weighted by Crippen LogP contribution is -2.50. The van der Waals surface area contributed by atoms with E-state index in [9.17, 15) is 18.0 Å². The fourth-order valence-electron chi connectivity index (χ4n) is 3.88. The van der Waals surface area contributed by atoms with Gasteiger partial charge >= 0.3 is 0 Å². The van der Waals surface area contributed by atoms with Crippen molar-refractivity contribution in [1.82, 2.24) is 10.2 Å². The fourth-order valence-corrected chi connectivity index (χ4v) is 5.51. The van der Waals surface area contributed by atoms with Gasteiger partial charge in [-0.15, -0.1) is 0 Å². The summed E-state index contributed by atoms with van der Waals surface area (Å²) in [5.74, 6) is -0.656. The number of likely N-dealkylation sites (N-methyl/N-ethyl adjacent to an activating group) is 1. The molecule has 3 aromatic rings. The molecule has 0 aliphatic rings. The topological polar surface area (TPSA) is 86.8 Å². The lowest BCUT2D eigenvalue weighted by atomic mass is 10.0. The van der Waals surface area contributed by atoms with E-state index in [2.05, 4.69) is 5.32 Å². The van der Waals surface area contributed by atoms with Crippen molar-refractivity contribution in [3.05, 3.63) is 95.0 Å². The summed E-state index contributed by atoms with van der Waals surface area (Å²) in [5.41, 5.74) is 2.04. The molecule has 0 bridgehead atoms. The van der Waals surface area contributed by atoms with Gasteiger partial charge < -0.3 is 10.2 Å². The Morgan fingerprint density at radius 2 is 1.49 bits per heavy atom. The second kappa shape index (κ2) is 12.3. The molecule has 196 valence electrons. The maximum absolute atomic E-state index is 13.8. The molecule has 1 atom stereocenters. The smallest absolute Gasteiger partial charge is 0.264 e. The van der Waals surface area contributed by atoms with E-state index >= 15 is 0 Å². The van der Waals surface area contributed by atoms with E-state index in [1.165, 1.54) is 24.1 Å². The molecule has 0 unspecified atom stereocenters. The molecular weight excluding hydrogens is 510 g/mol. The van der Waals surface area contributed by atoms with Crippen molar-refractivity contribution in [3.8, 4) is 0 Å². The zero-order valence-electron chi connectivity index (χ0n) is 21.4. The number of carbonyl (C=O) groups is 2.